The lowest BCUT2D eigenvalue weighted by molar-refractivity contribution is 0.251. The lowest BCUT2D eigenvalue weighted by Gasteiger charge is -2.32. The molecule has 1 aromatic carbocycles. The maximum absolute atomic E-state index is 6.06. The number of hydrogen-bond acceptors (Lipinski definition) is 2. The molecular weight excluding hydrogens is 302 g/mol. The SMILES string of the molecule is CCCCC(CC)(CN)Cc1ccc(OC)c(Br)c1. The number of halogens is 1. The van der Waals surface area contributed by atoms with Crippen LogP contribution in [-0.4, -0.2) is 13.7 Å². The fourth-order valence-corrected chi connectivity index (χ4v) is 3.10. The minimum atomic E-state index is 0.240. The molecule has 1 atom stereocenters. The monoisotopic (exact) mass is 327 g/mol. The topological polar surface area (TPSA) is 35.2 Å². The molecule has 108 valence electrons. The zero-order valence-corrected chi connectivity index (χ0v) is 13.9. The first-order valence-corrected chi connectivity index (χ1v) is 7.92. The second kappa shape index (κ2) is 7.91. The van der Waals surface area contributed by atoms with Crippen LogP contribution in [0.3, 0.4) is 0 Å². The summed E-state index contributed by atoms with van der Waals surface area (Å²) in [5, 5.41) is 0. The highest BCUT2D eigenvalue weighted by Gasteiger charge is 2.26. The lowest BCUT2D eigenvalue weighted by Crippen LogP contribution is -2.32. The number of ether oxygens (including phenoxy) is 1. The Bertz CT molecular complexity index is 388. The van der Waals surface area contributed by atoms with E-state index in [1.165, 1.54) is 24.8 Å². The molecule has 2 N–H and O–H groups in total. The highest BCUT2D eigenvalue weighted by Crippen LogP contribution is 2.34. The van der Waals surface area contributed by atoms with E-state index in [0.29, 0.717) is 0 Å². The summed E-state index contributed by atoms with van der Waals surface area (Å²) < 4.78 is 6.29. The van der Waals surface area contributed by atoms with Crippen LogP contribution < -0.4 is 10.5 Å². The van der Waals surface area contributed by atoms with Gasteiger partial charge in [-0.25, -0.2) is 0 Å². The molecule has 0 aromatic heterocycles. The Balaban J connectivity index is 2.86. The van der Waals surface area contributed by atoms with E-state index in [4.69, 9.17) is 10.5 Å². The Morgan fingerprint density at radius 1 is 1.32 bits per heavy atom. The predicted molar refractivity (Wildman–Crippen MR) is 85.7 cm³/mol. The van der Waals surface area contributed by atoms with Gasteiger partial charge in [0, 0.05) is 0 Å². The molecule has 3 heteroatoms. The first-order chi connectivity index (χ1) is 9.10. The minimum absolute atomic E-state index is 0.240. The van der Waals surface area contributed by atoms with Crippen LogP contribution in [0.4, 0.5) is 0 Å². The Morgan fingerprint density at radius 2 is 2.05 bits per heavy atom. The van der Waals surface area contributed by atoms with Crippen LogP contribution >= 0.6 is 15.9 Å². The molecular formula is C16H26BrNO. The van der Waals surface area contributed by atoms with Crippen LogP contribution in [0.5, 0.6) is 5.75 Å². The molecule has 19 heavy (non-hydrogen) atoms. The molecule has 0 aliphatic heterocycles. The summed E-state index contributed by atoms with van der Waals surface area (Å²) in [5.41, 5.74) is 7.63. The van der Waals surface area contributed by atoms with Gasteiger partial charge in [-0.15, -0.1) is 0 Å². The van der Waals surface area contributed by atoms with Gasteiger partial charge in [0.25, 0.3) is 0 Å². The third-order valence-corrected chi connectivity index (χ3v) is 4.66. The van der Waals surface area contributed by atoms with E-state index in [1.54, 1.807) is 7.11 Å². The number of nitrogens with two attached hydrogens (primary N) is 1. The molecule has 1 rings (SSSR count). The first-order valence-electron chi connectivity index (χ1n) is 7.13. The fourth-order valence-electron chi connectivity index (χ4n) is 2.51. The first kappa shape index (κ1) is 16.5. The van der Waals surface area contributed by atoms with Crippen molar-refractivity contribution in [3.63, 3.8) is 0 Å². The summed E-state index contributed by atoms with van der Waals surface area (Å²) >= 11 is 3.56. The molecule has 1 unspecified atom stereocenters. The molecule has 0 aliphatic carbocycles. The molecule has 0 radical (unpaired) electrons. The largest absolute Gasteiger partial charge is 0.496 e. The minimum Gasteiger partial charge on any atom is -0.496 e. The molecule has 0 fully saturated rings. The number of rotatable bonds is 8. The number of hydrogen-bond donors (Lipinski definition) is 1. The normalized spacial score (nSPS) is 14.2. The molecule has 0 heterocycles. The van der Waals surface area contributed by atoms with Gasteiger partial charge in [-0.05, 0) is 64.8 Å². The third kappa shape index (κ3) is 4.50. The summed E-state index contributed by atoms with van der Waals surface area (Å²) in [5.74, 6) is 0.882. The smallest absolute Gasteiger partial charge is 0.133 e. The van der Waals surface area contributed by atoms with Gasteiger partial charge in [0.2, 0.25) is 0 Å². The van der Waals surface area contributed by atoms with E-state index in [0.717, 1.165) is 29.6 Å². The second-order valence-electron chi connectivity index (χ2n) is 5.31. The Kier molecular flexibility index (Phi) is 6.87. The highest BCUT2D eigenvalue weighted by atomic mass is 79.9. The maximum atomic E-state index is 6.06. The summed E-state index contributed by atoms with van der Waals surface area (Å²) in [4.78, 5) is 0. The number of benzene rings is 1. The van der Waals surface area contributed by atoms with Crippen molar-refractivity contribution in [3.05, 3.63) is 28.2 Å². The van der Waals surface area contributed by atoms with E-state index in [9.17, 15) is 0 Å². The Morgan fingerprint density at radius 3 is 2.53 bits per heavy atom. The van der Waals surface area contributed by atoms with Crippen molar-refractivity contribution >= 4 is 15.9 Å². The average Bonchev–Trinajstić information content (AvgIpc) is 2.44. The van der Waals surface area contributed by atoms with Gasteiger partial charge in [-0.1, -0.05) is 32.8 Å². The summed E-state index contributed by atoms with van der Waals surface area (Å²) in [6.45, 7) is 5.25. The van der Waals surface area contributed by atoms with Crippen molar-refractivity contribution in [2.24, 2.45) is 11.1 Å². The van der Waals surface area contributed by atoms with Crippen molar-refractivity contribution in [1.29, 1.82) is 0 Å². The zero-order chi connectivity index (χ0) is 14.3. The van der Waals surface area contributed by atoms with Crippen molar-refractivity contribution in [2.75, 3.05) is 13.7 Å². The van der Waals surface area contributed by atoms with E-state index in [2.05, 4.69) is 41.9 Å². The van der Waals surface area contributed by atoms with Crippen LogP contribution in [0.25, 0.3) is 0 Å². The maximum Gasteiger partial charge on any atom is 0.133 e. The third-order valence-electron chi connectivity index (χ3n) is 4.04. The zero-order valence-electron chi connectivity index (χ0n) is 12.3. The van der Waals surface area contributed by atoms with Crippen LogP contribution in [-0.2, 0) is 6.42 Å². The molecule has 0 saturated heterocycles. The van der Waals surface area contributed by atoms with Crippen LogP contribution in [0.15, 0.2) is 22.7 Å². The van der Waals surface area contributed by atoms with Crippen molar-refractivity contribution in [3.8, 4) is 5.75 Å². The van der Waals surface area contributed by atoms with Crippen molar-refractivity contribution in [2.45, 2.75) is 46.0 Å². The van der Waals surface area contributed by atoms with Crippen LogP contribution in [0.1, 0.15) is 45.1 Å². The molecule has 0 aliphatic rings. The van der Waals surface area contributed by atoms with Gasteiger partial charge in [-0.3, -0.25) is 0 Å². The van der Waals surface area contributed by atoms with E-state index < -0.39 is 0 Å². The number of unbranched alkanes of at least 4 members (excludes halogenated alkanes) is 1. The van der Waals surface area contributed by atoms with Gasteiger partial charge in [0.05, 0.1) is 11.6 Å². The Labute approximate surface area is 125 Å². The molecule has 0 spiro atoms. The average molecular weight is 328 g/mol. The molecule has 1 aromatic rings. The second-order valence-corrected chi connectivity index (χ2v) is 6.16. The highest BCUT2D eigenvalue weighted by molar-refractivity contribution is 9.10. The molecule has 0 bridgehead atoms. The summed E-state index contributed by atoms with van der Waals surface area (Å²) in [6.07, 6.45) is 5.87. The van der Waals surface area contributed by atoms with Gasteiger partial charge >= 0.3 is 0 Å². The van der Waals surface area contributed by atoms with Crippen LogP contribution in [0.2, 0.25) is 0 Å². The fraction of sp³-hybridized carbons (Fsp3) is 0.625. The van der Waals surface area contributed by atoms with Gasteiger partial charge in [0.1, 0.15) is 5.75 Å². The van der Waals surface area contributed by atoms with Gasteiger partial charge in [-0.2, -0.15) is 0 Å². The van der Waals surface area contributed by atoms with Crippen molar-refractivity contribution < 1.29 is 4.74 Å². The molecule has 0 amide bonds. The molecule has 2 nitrogen and oxygen atoms in total. The van der Waals surface area contributed by atoms with Crippen molar-refractivity contribution in [1.82, 2.24) is 0 Å². The van der Waals surface area contributed by atoms with Crippen LogP contribution in [0, 0.1) is 5.41 Å². The van der Waals surface area contributed by atoms with E-state index in [1.807, 2.05) is 6.07 Å². The van der Waals surface area contributed by atoms with E-state index >= 15 is 0 Å². The van der Waals surface area contributed by atoms with Gasteiger partial charge in [0.15, 0.2) is 0 Å². The van der Waals surface area contributed by atoms with Gasteiger partial charge < -0.3 is 10.5 Å². The molecule has 0 saturated carbocycles. The lowest BCUT2D eigenvalue weighted by atomic mass is 9.75. The number of methoxy groups -OCH3 is 1. The summed E-state index contributed by atoms with van der Waals surface area (Å²) in [6, 6.07) is 6.33. The summed E-state index contributed by atoms with van der Waals surface area (Å²) in [7, 11) is 1.69. The van der Waals surface area contributed by atoms with E-state index in [-0.39, 0.29) is 5.41 Å². The standard InChI is InChI=1S/C16H26BrNO/c1-4-6-9-16(5-2,12-18)11-13-7-8-15(19-3)14(17)10-13/h7-8,10H,4-6,9,11-12,18H2,1-3H3. The Hall–Kier alpha value is -0.540. The quantitative estimate of drug-likeness (QED) is 0.760. The predicted octanol–water partition coefficient (Wildman–Crippen LogP) is 4.55.